The van der Waals surface area contributed by atoms with Crippen molar-refractivity contribution in [3.8, 4) is 5.75 Å². The van der Waals surface area contributed by atoms with E-state index in [1.54, 1.807) is 48.5 Å². The summed E-state index contributed by atoms with van der Waals surface area (Å²) in [6.07, 6.45) is 6.10. The molecule has 1 aliphatic carbocycles. The lowest BCUT2D eigenvalue weighted by atomic mass is 9.88. The molecule has 3 amide bonds. The molecule has 3 rings (SSSR count). The van der Waals surface area contributed by atoms with Crippen LogP contribution in [0.3, 0.4) is 0 Å². The van der Waals surface area contributed by atoms with E-state index in [1.807, 2.05) is 13.8 Å². The van der Waals surface area contributed by atoms with Gasteiger partial charge in [-0.3, -0.25) is 30.6 Å². The van der Waals surface area contributed by atoms with Crippen molar-refractivity contribution in [2.75, 3.05) is 5.32 Å². The molecular formula is C26H32N4O4S. The van der Waals surface area contributed by atoms with Gasteiger partial charge in [0.25, 0.3) is 11.8 Å². The van der Waals surface area contributed by atoms with E-state index < -0.39 is 11.8 Å². The Hall–Kier alpha value is -3.46. The summed E-state index contributed by atoms with van der Waals surface area (Å²) >= 11 is 5.11. The Morgan fingerprint density at radius 2 is 1.69 bits per heavy atom. The molecule has 1 aliphatic rings. The Morgan fingerprint density at radius 3 is 2.37 bits per heavy atom. The van der Waals surface area contributed by atoms with Gasteiger partial charge in [0.1, 0.15) is 5.75 Å². The molecule has 4 N–H and O–H groups in total. The minimum atomic E-state index is -0.435. The Labute approximate surface area is 211 Å². The van der Waals surface area contributed by atoms with Gasteiger partial charge in [0.05, 0.1) is 6.10 Å². The van der Waals surface area contributed by atoms with Crippen LogP contribution in [-0.2, 0) is 4.79 Å². The topological polar surface area (TPSA) is 109 Å². The zero-order chi connectivity index (χ0) is 25.2. The molecule has 2 aromatic carbocycles. The van der Waals surface area contributed by atoms with Gasteiger partial charge in [-0.2, -0.15) is 0 Å². The number of benzene rings is 2. The van der Waals surface area contributed by atoms with Crippen LogP contribution in [0.25, 0.3) is 0 Å². The number of hydrazine groups is 1. The monoisotopic (exact) mass is 496 g/mol. The van der Waals surface area contributed by atoms with E-state index >= 15 is 0 Å². The normalized spacial score (nSPS) is 14.3. The van der Waals surface area contributed by atoms with Gasteiger partial charge >= 0.3 is 0 Å². The third kappa shape index (κ3) is 8.06. The number of amides is 3. The van der Waals surface area contributed by atoms with E-state index in [1.165, 1.54) is 6.42 Å². The van der Waals surface area contributed by atoms with Crippen LogP contribution in [0.4, 0.5) is 5.69 Å². The smallest absolute Gasteiger partial charge is 0.269 e. The fourth-order valence-corrected chi connectivity index (χ4v) is 3.88. The van der Waals surface area contributed by atoms with Crippen molar-refractivity contribution in [3.63, 3.8) is 0 Å². The number of ether oxygens (including phenoxy) is 1. The van der Waals surface area contributed by atoms with Crippen LogP contribution in [0.5, 0.6) is 5.75 Å². The average Bonchev–Trinajstić information content (AvgIpc) is 2.88. The Balaban J connectivity index is 1.45. The first-order valence-electron chi connectivity index (χ1n) is 11.9. The van der Waals surface area contributed by atoms with Crippen LogP contribution in [0, 0.1) is 5.92 Å². The van der Waals surface area contributed by atoms with Crippen molar-refractivity contribution in [2.24, 2.45) is 5.92 Å². The van der Waals surface area contributed by atoms with Crippen molar-refractivity contribution in [3.05, 3.63) is 59.7 Å². The fraction of sp³-hybridized carbons (Fsp3) is 0.385. The van der Waals surface area contributed by atoms with E-state index in [0.29, 0.717) is 22.6 Å². The summed E-state index contributed by atoms with van der Waals surface area (Å²) in [6.45, 7) is 3.97. The van der Waals surface area contributed by atoms with Gasteiger partial charge in [-0.15, -0.1) is 0 Å². The predicted molar refractivity (Wildman–Crippen MR) is 139 cm³/mol. The van der Waals surface area contributed by atoms with Crippen molar-refractivity contribution in [2.45, 2.75) is 58.5 Å². The molecule has 2 aromatic rings. The minimum Gasteiger partial charge on any atom is -0.491 e. The van der Waals surface area contributed by atoms with E-state index in [4.69, 9.17) is 17.0 Å². The van der Waals surface area contributed by atoms with Crippen LogP contribution < -0.4 is 26.2 Å². The molecule has 1 fully saturated rings. The summed E-state index contributed by atoms with van der Waals surface area (Å²) in [5, 5.41) is 5.39. The lowest BCUT2D eigenvalue weighted by Crippen LogP contribution is -2.48. The summed E-state index contributed by atoms with van der Waals surface area (Å²) < 4.78 is 5.74. The van der Waals surface area contributed by atoms with Gasteiger partial charge < -0.3 is 10.1 Å². The molecule has 9 heteroatoms. The maximum Gasteiger partial charge on any atom is 0.269 e. The average molecular weight is 497 g/mol. The summed E-state index contributed by atoms with van der Waals surface area (Å²) in [7, 11) is 0. The quantitative estimate of drug-likeness (QED) is 0.336. The first-order chi connectivity index (χ1) is 16.9. The number of hydrogen-bond donors (Lipinski definition) is 4. The number of carbonyl (C=O) groups is 3. The molecule has 0 spiro atoms. The second-order valence-corrected chi connectivity index (χ2v) is 9.04. The second-order valence-electron chi connectivity index (χ2n) is 8.63. The van der Waals surface area contributed by atoms with E-state index in [0.717, 1.165) is 32.1 Å². The summed E-state index contributed by atoms with van der Waals surface area (Å²) in [5.74, 6) is -0.179. The van der Waals surface area contributed by atoms with Crippen LogP contribution >= 0.6 is 12.2 Å². The Morgan fingerprint density at radius 1 is 0.971 bits per heavy atom. The molecule has 0 aromatic heterocycles. The van der Waals surface area contributed by atoms with Crippen molar-refractivity contribution in [1.82, 2.24) is 16.2 Å². The molecule has 8 nitrogen and oxygen atoms in total. The van der Waals surface area contributed by atoms with Gasteiger partial charge in [-0.1, -0.05) is 32.3 Å². The maximum absolute atomic E-state index is 12.5. The molecule has 1 atom stereocenters. The SMILES string of the molecule is CCC(C)Oc1cccc(C(=O)NC(=S)NNC(=O)c2ccc(NC(=O)C3CCCCC3)cc2)c1. The number of nitrogens with one attached hydrogen (secondary N) is 4. The standard InChI is InChI=1S/C26H32N4O4S/c1-3-17(2)34-22-11-7-10-20(16-22)24(32)28-26(35)30-29-25(33)19-12-14-21(15-13-19)27-23(31)18-8-5-4-6-9-18/h7,10-18H,3-6,8-9H2,1-2H3,(H,27,31)(H,29,33)(H2,28,30,32,35). The molecule has 35 heavy (non-hydrogen) atoms. The van der Waals surface area contributed by atoms with Gasteiger partial charge in [-0.05, 0) is 80.9 Å². The van der Waals surface area contributed by atoms with Gasteiger partial charge in [-0.25, -0.2) is 0 Å². The van der Waals surface area contributed by atoms with E-state index in [2.05, 4.69) is 21.5 Å². The highest BCUT2D eigenvalue weighted by atomic mass is 32.1. The van der Waals surface area contributed by atoms with E-state index in [-0.39, 0.29) is 23.0 Å². The third-order valence-electron chi connectivity index (χ3n) is 5.92. The first-order valence-corrected chi connectivity index (χ1v) is 12.4. The molecule has 1 unspecified atom stereocenters. The van der Waals surface area contributed by atoms with Crippen LogP contribution in [0.2, 0.25) is 0 Å². The summed E-state index contributed by atoms with van der Waals surface area (Å²) in [6, 6.07) is 13.4. The van der Waals surface area contributed by atoms with Crippen LogP contribution in [0.1, 0.15) is 73.1 Å². The third-order valence-corrected chi connectivity index (χ3v) is 6.12. The van der Waals surface area contributed by atoms with Crippen molar-refractivity contribution in [1.29, 1.82) is 0 Å². The summed E-state index contributed by atoms with van der Waals surface area (Å²) in [4.78, 5) is 37.3. The highest BCUT2D eigenvalue weighted by molar-refractivity contribution is 7.80. The highest BCUT2D eigenvalue weighted by Crippen LogP contribution is 2.25. The Bertz CT molecular complexity index is 1050. The minimum absolute atomic E-state index is 0.0293. The molecule has 186 valence electrons. The lowest BCUT2D eigenvalue weighted by Gasteiger charge is -2.20. The summed E-state index contributed by atoms with van der Waals surface area (Å²) in [5.41, 5.74) is 6.38. The van der Waals surface area contributed by atoms with Gasteiger partial charge in [0.2, 0.25) is 5.91 Å². The first kappa shape index (κ1) is 26.2. The van der Waals surface area contributed by atoms with Crippen molar-refractivity contribution < 1.29 is 19.1 Å². The largest absolute Gasteiger partial charge is 0.491 e. The molecule has 0 aliphatic heterocycles. The van der Waals surface area contributed by atoms with Gasteiger partial charge in [0, 0.05) is 22.7 Å². The molecule has 1 saturated carbocycles. The molecule has 0 saturated heterocycles. The lowest BCUT2D eigenvalue weighted by molar-refractivity contribution is -0.120. The molecule has 0 radical (unpaired) electrons. The van der Waals surface area contributed by atoms with Crippen LogP contribution in [0.15, 0.2) is 48.5 Å². The molecule has 0 bridgehead atoms. The molecule has 0 heterocycles. The van der Waals surface area contributed by atoms with E-state index in [9.17, 15) is 14.4 Å². The second kappa shape index (κ2) is 12.9. The number of carbonyl (C=O) groups excluding carboxylic acids is 3. The Kier molecular flexibility index (Phi) is 9.60. The zero-order valence-corrected chi connectivity index (χ0v) is 20.9. The number of anilines is 1. The number of hydrogen-bond acceptors (Lipinski definition) is 5. The zero-order valence-electron chi connectivity index (χ0n) is 20.1. The number of thiocarbonyl (C=S) groups is 1. The predicted octanol–water partition coefficient (Wildman–Crippen LogP) is 4.33. The van der Waals surface area contributed by atoms with Gasteiger partial charge in [0.15, 0.2) is 5.11 Å². The molecular weight excluding hydrogens is 464 g/mol. The number of rotatable bonds is 7. The highest BCUT2D eigenvalue weighted by Gasteiger charge is 2.21. The van der Waals surface area contributed by atoms with Crippen LogP contribution in [-0.4, -0.2) is 28.9 Å². The fourth-order valence-electron chi connectivity index (χ4n) is 3.73. The van der Waals surface area contributed by atoms with Crippen molar-refractivity contribution >= 4 is 40.7 Å². The maximum atomic E-state index is 12.5.